The molecule has 0 atom stereocenters. The number of nitrogens with zero attached hydrogens (tertiary/aromatic N) is 1. The first kappa shape index (κ1) is 13.3. The van der Waals surface area contributed by atoms with Crippen LogP contribution in [0.3, 0.4) is 0 Å². The fourth-order valence-corrected chi connectivity index (χ4v) is 2.26. The zero-order chi connectivity index (χ0) is 13.0. The van der Waals surface area contributed by atoms with Gasteiger partial charge in [0, 0.05) is 16.6 Å². The van der Waals surface area contributed by atoms with Crippen LogP contribution in [0.15, 0.2) is 33.5 Å². The Morgan fingerprint density at radius 1 is 1.39 bits per heavy atom. The summed E-state index contributed by atoms with van der Waals surface area (Å²) in [5, 5.41) is 3.34. The maximum Gasteiger partial charge on any atom is 0.181 e. The minimum atomic E-state index is 0.736. The Bertz CT molecular complexity index is 522. The first-order valence-electron chi connectivity index (χ1n) is 6.12. The minimum Gasteiger partial charge on any atom is -0.443 e. The van der Waals surface area contributed by atoms with Gasteiger partial charge < -0.3 is 9.73 Å². The molecule has 3 nitrogen and oxygen atoms in total. The van der Waals surface area contributed by atoms with Gasteiger partial charge in [-0.05, 0) is 41.4 Å². The number of hydrogen-bond acceptors (Lipinski definition) is 3. The molecule has 1 N–H and O–H groups in total. The van der Waals surface area contributed by atoms with Gasteiger partial charge in [0.25, 0.3) is 0 Å². The summed E-state index contributed by atoms with van der Waals surface area (Å²) >= 11 is 3.61. The van der Waals surface area contributed by atoms with Gasteiger partial charge in [-0.3, -0.25) is 0 Å². The topological polar surface area (TPSA) is 38.1 Å². The number of rotatable bonds is 5. The van der Waals surface area contributed by atoms with Crippen LogP contribution in [-0.4, -0.2) is 11.5 Å². The van der Waals surface area contributed by atoms with Crippen molar-refractivity contribution < 1.29 is 4.42 Å². The lowest BCUT2D eigenvalue weighted by molar-refractivity contribution is 0.569. The van der Waals surface area contributed by atoms with Crippen LogP contribution in [0, 0.1) is 6.92 Å². The van der Waals surface area contributed by atoms with Crippen molar-refractivity contribution in [1.82, 2.24) is 10.3 Å². The Morgan fingerprint density at radius 2 is 2.22 bits per heavy atom. The van der Waals surface area contributed by atoms with Crippen LogP contribution in [0.5, 0.6) is 0 Å². The lowest BCUT2D eigenvalue weighted by Crippen LogP contribution is -2.14. The molecule has 1 heterocycles. The van der Waals surface area contributed by atoms with Crippen LogP contribution >= 0.6 is 15.9 Å². The van der Waals surface area contributed by atoms with Gasteiger partial charge in [-0.25, -0.2) is 4.98 Å². The zero-order valence-corrected chi connectivity index (χ0v) is 12.3. The highest BCUT2D eigenvalue weighted by atomic mass is 79.9. The van der Waals surface area contributed by atoms with Gasteiger partial charge >= 0.3 is 0 Å². The summed E-state index contributed by atoms with van der Waals surface area (Å²) in [6.45, 7) is 5.94. The van der Waals surface area contributed by atoms with Crippen molar-refractivity contribution in [2.45, 2.75) is 26.8 Å². The molecular formula is C14H17BrN2O. The highest BCUT2D eigenvalue weighted by molar-refractivity contribution is 9.10. The molecule has 0 radical (unpaired) electrons. The summed E-state index contributed by atoms with van der Waals surface area (Å²) in [5.74, 6) is 0.842. The van der Waals surface area contributed by atoms with E-state index >= 15 is 0 Å². The molecule has 2 rings (SSSR count). The van der Waals surface area contributed by atoms with Crippen molar-refractivity contribution in [2.75, 3.05) is 6.54 Å². The van der Waals surface area contributed by atoms with Crippen LogP contribution in [0.4, 0.5) is 0 Å². The normalized spacial score (nSPS) is 10.8. The highest BCUT2D eigenvalue weighted by Crippen LogP contribution is 2.32. The van der Waals surface area contributed by atoms with Crippen molar-refractivity contribution in [3.63, 3.8) is 0 Å². The smallest absolute Gasteiger partial charge is 0.181 e. The van der Waals surface area contributed by atoms with Crippen molar-refractivity contribution in [1.29, 1.82) is 0 Å². The quantitative estimate of drug-likeness (QED) is 0.851. The average molecular weight is 309 g/mol. The van der Waals surface area contributed by atoms with Crippen LogP contribution in [0.2, 0.25) is 0 Å². The standard InChI is InChI=1S/C14H17BrN2O/c1-3-7-16-8-12-14(18-9-17-12)11-6-4-5-10(2)13(11)15/h4-6,9,16H,3,7-8H2,1-2H3. The van der Waals surface area contributed by atoms with Crippen LogP contribution in [0.1, 0.15) is 24.6 Å². The molecule has 0 aliphatic heterocycles. The lowest BCUT2D eigenvalue weighted by atomic mass is 10.1. The van der Waals surface area contributed by atoms with E-state index in [2.05, 4.69) is 46.1 Å². The second-order valence-corrected chi connectivity index (χ2v) is 5.03. The van der Waals surface area contributed by atoms with Gasteiger partial charge in [-0.1, -0.05) is 25.1 Å². The SMILES string of the molecule is CCCNCc1ncoc1-c1cccc(C)c1Br. The number of benzene rings is 1. The second-order valence-electron chi connectivity index (χ2n) is 4.24. The zero-order valence-electron chi connectivity index (χ0n) is 10.7. The number of nitrogens with one attached hydrogen (secondary N) is 1. The third kappa shape index (κ3) is 2.82. The fourth-order valence-electron chi connectivity index (χ4n) is 1.82. The van der Waals surface area contributed by atoms with Gasteiger partial charge in [0.1, 0.15) is 5.69 Å². The van der Waals surface area contributed by atoms with Crippen LogP contribution in [0.25, 0.3) is 11.3 Å². The molecule has 1 aromatic heterocycles. The molecule has 0 amide bonds. The molecule has 4 heteroatoms. The van der Waals surface area contributed by atoms with E-state index < -0.39 is 0 Å². The van der Waals surface area contributed by atoms with Gasteiger partial charge in [-0.2, -0.15) is 0 Å². The Hall–Kier alpha value is -1.13. The Balaban J connectivity index is 2.28. The molecule has 0 aliphatic rings. The molecule has 1 aromatic carbocycles. The number of aryl methyl sites for hydroxylation is 1. The van der Waals surface area contributed by atoms with Gasteiger partial charge in [0.15, 0.2) is 12.2 Å². The van der Waals surface area contributed by atoms with Crippen molar-refractivity contribution in [3.8, 4) is 11.3 Å². The molecule has 0 fully saturated rings. The number of aromatic nitrogens is 1. The molecule has 0 saturated heterocycles. The molecule has 96 valence electrons. The van der Waals surface area contributed by atoms with Crippen molar-refractivity contribution >= 4 is 15.9 Å². The first-order valence-corrected chi connectivity index (χ1v) is 6.92. The molecule has 0 unspecified atom stereocenters. The third-order valence-electron chi connectivity index (χ3n) is 2.80. The summed E-state index contributed by atoms with van der Waals surface area (Å²) in [7, 11) is 0. The predicted octanol–water partition coefficient (Wildman–Crippen LogP) is 3.91. The molecular weight excluding hydrogens is 292 g/mol. The van der Waals surface area contributed by atoms with Gasteiger partial charge in [0.2, 0.25) is 0 Å². The minimum absolute atomic E-state index is 0.736. The number of halogens is 1. The predicted molar refractivity (Wildman–Crippen MR) is 76.4 cm³/mol. The Morgan fingerprint density at radius 3 is 3.00 bits per heavy atom. The largest absolute Gasteiger partial charge is 0.443 e. The third-order valence-corrected chi connectivity index (χ3v) is 3.85. The first-order chi connectivity index (χ1) is 8.74. The second kappa shape index (κ2) is 6.16. The van der Waals surface area contributed by atoms with Crippen LogP contribution in [-0.2, 0) is 6.54 Å². The summed E-state index contributed by atoms with van der Waals surface area (Å²) < 4.78 is 6.60. The van der Waals surface area contributed by atoms with Gasteiger partial charge in [0.05, 0.1) is 0 Å². The molecule has 0 spiro atoms. The van der Waals surface area contributed by atoms with E-state index in [1.807, 2.05) is 12.1 Å². The Labute approximate surface area is 116 Å². The highest BCUT2D eigenvalue weighted by Gasteiger charge is 2.14. The Kier molecular flexibility index (Phi) is 4.55. The molecule has 0 saturated carbocycles. The molecule has 0 aliphatic carbocycles. The average Bonchev–Trinajstić information content (AvgIpc) is 2.81. The summed E-state index contributed by atoms with van der Waals surface area (Å²) in [5.41, 5.74) is 3.20. The number of oxazole rings is 1. The lowest BCUT2D eigenvalue weighted by Gasteiger charge is -2.06. The van der Waals surface area contributed by atoms with Gasteiger partial charge in [-0.15, -0.1) is 0 Å². The van der Waals surface area contributed by atoms with E-state index in [-0.39, 0.29) is 0 Å². The summed E-state index contributed by atoms with van der Waals surface area (Å²) in [6.07, 6.45) is 2.62. The fraction of sp³-hybridized carbons (Fsp3) is 0.357. The molecule has 18 heavy (non-hydrogen) atoms. The van der Waals surface area contributed by atoms with E-state index in [0.29, 0.717) is 0 Å². The van der Waals surface area contributed by atoms with E-state index in [4.69, 9.17) is 4.42 Å². The van der Waals surface area contributed by atoms with E-state index in [9.17, 15) is 0 Å². The van der Waals surface area contributed by atoms with E-state index in [1.165, 1.54) is 12.0 Å². The van der Waals surface area contributed by atoms with E-state index in [1.54, 1.807) is 0 Å². The molecule has 0 bridgehead atoms. The number of hydrogen-bond donors (Lipinski definition) is 1. The maximum atomic E-state index is 5.54. The van der Waals surface area contributed by atoms with Crippen LogP contribution < -0.4 is 5.32 Å². The molecule has 2 aromatic rings. The summed E-state index contributed by atoms with van der Waals surface area (Å²) in [6, 6.07) is 6.14. The van der Waals surface area contributed by atoms with Crippen molar-refractivity contribution in [3.05, 3.63) is 40.3 Å². The maximum absolute atomic E-state index is 5.54. The summed E-state index contributed by atoms with van der Waals surface area (Å²) in [4.78, 5) is 4.29. The van der Waals surface area contributed by atoms with Crippen molar-refractivity contribution in [2.24, 2.45) is 0 Å². The monoisotopic (exact) mass is 308 g/mol. The van der Waals surface area contributed by atoms with E-state index in [0.717, 1.165) is 41.0 Å².